The molecule has 62 heavy (non-hydrogen) atoms. The van der Waals surface area contributed by atoms with Crippen LogP contribution in [0.15, 0.2) is 73.6 Å². The largest absolute Gasteiger partial charge is 0.491 e. The van der Waals surface area contributed by atoms with Crippen molar-refractivity contribution >= 4 is 46.0 Å². The normalized spacial score (nSPS) is 19.3. The molecule has 2 atom stereocenters. The van der Waals surface area contributed by atoms with E-state index in [-0.39, 0.29) is 46.4 Å². The topological polar surface area (TPSA) is 190 Å². The van der Waals surface area contributed by atoms with E-state index in [0.717, 1.165) is 48.3 Å². The first-order valence-electron chi connectivity index (χ1n) is 21.0. The molecular weight excluding hydrogens is 793 g/mol. The molecule has 2 saturated carbocycles. The van der Waals surface area contributed by atoms with Crippen LogP contribution in [-0.4, -0.2) is 77.0 Å². The Hall–Kier alpha value is -6.84. The van der Waals surface area contributed by atoms with Gasteiger partial charge >= 0.3 is 0 Å². The number of rotatable bonds is 10. The summed E-state index contributed by atoms with van der Waals surface area (Å²) in [4.78, 5) is 57.8. The highest BCUT2D eigenvalue weighted by atomic mass is 16.5. The standard InChI is InChI=1S/2C23H24N4O4/c2*1-23(2)11-15-9-18(26-22(29)17-12-25-27-7-3-6-24-21(17)27)20(10-19(15)31-23)30-13-14-4-5-16(28)8-14/h2*3,6-7,9-10,12,14H,4-5,8,11,13H2,1-2H3,(H,26,29)/t2*14-/m10/s1. The average Bonchev–Trinajstić information content (AvgIpc) is 4.09. The van der Waals surface area contributed by atoms with Crippen molar-refractivity contribution in [3.05, 3.63) is 95.8 Å². The van der Waals surface area contributed by atoms with E-state index in [4.69, 9.17) is 18.9 Å². The smallest absolute Gasteiger partial charge is 0.261 e. The van der Waals surface area contributed by atoms with Crippen LogP contribution in [0.2, 0.25) is 0 Å². The molecule has 2 N–H and O–H groups in total. The number of ketones is 2. The summed E-state index contributed by atoms with van der Waals surface area (Å²) >= 11 is 0. The van der Waals surface area contributed by atoms with Gasteiger partial charge in [-0.25, -0.2) is 19.0 Å². The predicted molar refractivity (Wildman–Crippen MR) is 227 cm³/mol. The molecule has 16 heteroatoms. The molecule has 0 radical (unpaired) electrons. The molecule has 0 bridgehead atoms. The Morgan fingerprint density at radius 3 is 1.53 bits per heavy atom. The van der Waals surface area contributed by atoms with Crippen LogP contribution in [0, 0.1) is 11.8 Å². The lowest BCUT2D eigenvalue weighted by Gasteiger charge is -2.18. The van der Waals surface area contributed by atoms with Crippen molar-refractivity contribution in [1.82, 2.24) is 29.2 Å². The lowest BCUT2D eigenvalue weighted by molar-refractivity contribution is -0.118. The van der Waals surface area contributed by atoms with Crippen LogP contribution >= 0.6 is 0 Å². The Morgan fingerprint density at radius 1 is 0.694 bits per heavy atom. The van der Waals surface area contributed by atoms with Gasteiger partial charge in [0.1, 0.15) is 56.9 Å². The highest BCUT2D eigenvalue weighted by Crippen LogP contribution is 2.43. The number of carbonyl (C=O) groups is 4. The molecule has 10 rings (SSSR count). The molecule has 6 heterocycles. The zero-order chi connectivity index (χ0) is 43.2. The van der Waals surface area contributed by atoms with Gasteiger partial charge in [-0.15, -0.1) is 0 Å². The third kappa shape index (κ3) is 8.67. The minimum atomic E-state index is -0.313. The molecule has 0 spiro atoms. The molecule has 4 aliphatic rings. The van der Waals surface area contributed by atoms with E-state index in [9.17, 15) is 19.2 Å². The molecule has 320 valence electrons. The van der Waals surface area contributed by atoms with Crippen LogP contribution in [0.25, 0.3) is 11.3 Å². The zero-order valence-corrected chi connectivity index (χ0v) is 35.1. The summed E-state index contributed by atoms with van der Waals surface area (Å²) < 4.78 is 27.4. The Kier molecular flexibility index (Phi) is 10.6. The average molecular weight is 841 g/mol. The van der Waals surface area contributed by atoms with E-state index >= 15 is 0 Å². The molecule has 6 aromatic rings. The number of aromatic nitrogens is 6. The molecule has 2 aromatic carbocycles. The maximum atomic E-state index is 13.0. The number of ether oxygens (including phenoxy) is 4. The monoisotopic (exact) mass is 840 g/mol. The number of amides is 2. The van der Waals surface area contributed by atoms with Gasteiger partial charge in [0.2, 0.25) is 0 Å². The van der Waals surface area contributed by atoms with E-state index in [0.29, 0.717) is 84.2 Å². The first kappa shape index (κ1) is 40.6. The number of hydrogen-bond acceptors (Lipinski definition) is 12. The summed E-state index contributed by atoms with van der Waals surface area (Å²) in [5.74, 6) is 2.93. The van der Waals surface area contributed by atoms with Crippen molar-refractivity contribution in [2.75, 3.05) is 23.8 Å². The number of nitrogens with one attached hydrogen (secondary N) is 2. The number of fused-ring (bicyclic) bond motifs is 4. The van der Waals surface area contributed by atoms with Gasteiger partial charge in [0, 0.05) is 98.4 Å². The highest BCUT2D eigenvalue weighted by Gasteiger charge is 2.34. The van der Waals surface area contributed by atoms with Gasteiger partial charge in [-0.05, 0) is 64.8 Å². The van der Waals surface area contributed by atoms with Gasteiger partial charge in [-0.3, -0.25) is 19.2 Å². The van der Waals surface area contributed by atoms with Crippen molar-refractivity contribution in [2.24, 2.45) is 11.8 Å². The number of benzene rings is 2. The van der Waals surface area contributed by atoms with Gasteiger partial charge in [0.05, 0.1) is 37.0 Å². The van der Waals surface area contributed by atoms with Crippen molar-refractivity contribution in [3.8, 4) is 23.0 Å². The number of anilines is 2. The molecule has 2 aliphatic heterocycles. The summed E-state index contributed by atoms with van der Waals surface area (Å²) in [5.41, 5.74) is 4.28. The summed E-state index contributed by atoms with van der Waals surface area (Å²) in [6.45, 7) is 8.96. The molecular formula is C46H48N8O8. The number of hydrogen-bond donors (Lipinski definition) is 2. The summed E-state index contributed by atoms with van der Waals surface area (Å²) in [6.07, 6.45) is 15.2. The van der Waals surface area contributed by atoms with Gasteiger partial charge in [0.15, 0.2) is 11.3 Å². The van der Waals surface area contributed by atoms with Crippen LogP contribution in [-0.2, 0) is 22.4 Å². The Bertz CT molecular complexity index is 2550. The number of carbonyl (C=O) groups excluding carboxylic acids is 4. The lowest BCUT2D eigenvalue weighted by atomic mass is 10.0. The summed E-state index contributed by atoms with van der Waals surface area (Å²) in [6, 6.07) is 11.0. The second kappa shape index (κ2) is 16.2. The van der Waals surface area contributed by atoms with Crippen LogP contribution in [0.4, 0.5) is 11.4 Å². The fourth-order valence-corrected chi connectivity index (χ4v) is 8.53. The molecule has 4 aromatic heterocycles. The van der Waals surface area contributed by atoms with Crippen molar-refractivity contribution < 1.29 is 38.1 Å². The van der Waals surface area contributed by atoms with E-state index in [1.807, 2.05) is 52.0 Å². The molecule has 0 saturated heterocycles. The number of Topliss-reactive ketones (excluding diaryl/α,β-unsaturated/α-hetero) is 2. The summed E-state index contributed by atoms with van der Waals surface area (Å²) in [7, 11) is 0. The van der Waals surface area contributed by atoms with E-state index in [1.165, 1.54) is 12.4 Å². The summed E-state index contributed by atoms with van der Waals surface area (Å²) in [5, 5.41) is 14.3. The SMILES string of the molecule is CC1(C)Cc2cc(NC(=O)c3cnn4cccnc34)c(OC[C@@H]3CCC(=O)C3)cc2O1.CC1(C)Cc2cc(NC(=O)c3cnn4cccnc34)c(OC[C@H]3CCC(=O)C3)cc2O1. The minimum absolute atomic E-state index is 0.200. The predicted octanol–water partition coefficient (Wildman–Crippen LogP) is 6.89. The molecule has 2 aliphatic carbocycles. The van der Waals surface area contributed by atoms with E-state index in [2.05, 4.69) is 30.8 Å². The zero-order valence-electron chi connectivity index (χ0n) is 35.1. The Balaban J connectivity index is 0.000000158. The van der Waals surface area contributed by atoms with Crippen molar-refractivity contribution in [2.45, 2.75) is 90.3 Å². The van der Waals surface area contributed by atoms with Gasteiger partial charge in [-0.2, -0.15) is 10.2 Å². The second-order valence-electron chi connectivity index (χ2n) is 17.7. The first-order chi connectivity index (χ1) is 29.8. The maximum Gasteiger partial charge on any atom is 0.261 e. The highest BCUT2D eigenvalue weighted by molar-refractivity contribution is 6.09. The minimum Gasteiger partial charge on any atom is -0.491 e. The van der Waals surface area contributed by atoms with Crippen LogP contribution in [0.5, 0.6) is 23.0 Å². The Morgan fingerprint density at radius 2 is 1.13 bits per heavy atom. The molecule has 0 unspecified atom stereocenters. The molecule has 2 amide bonds. The quantitative estimate of drug-likeness (QED) is 0.146. The first-order valence-corrected chi connectivity index (χ1v) is 21.0. The maximum absolute atomic E-state index is 13.0. The van der Waals surface area contributed by atoms with Gasteiger partial charge in [0.25, 0.3) is 11.8 Å². The van der Waals surface area contributed by atoms with Crippen LogP contribution in [0.1, 0.15) is 98.1 Å². The van der Waals surface area contributed by atoms with Crippen molar-refractivity contribution in [1.29, 1.82) is 0 Å². The third-order valence-corrected chi connectivity index (χ3v) is 11.5. The van der Waals surface area contributed by atoms with Gasteiger partial charge in [-0.1, -0.05) is 0 Å². The Labute approximate surface area is 357 Å². The van der Waals surface area contributed by atoms with E-state index < -0.39 is 0 Å². The fourth-order valence-electron chi connectivity index (χ4n) is 8.53. The third-order valence-electron chi connectivity index (χ3n) is 11.5. The number of nitrogens with zero attached hydrogens (tertiary/aromatic N) is 6. The fraction of sp³-hybridized carbons (Fsp3) is 0.391. The lowest BCUT2D eigenvalue weighted by Crippen LogP contribution is -2.24. The van der Waals surface area contributed by atoms with Crippen LogP contribution in [0.3, 0.4) is 0 Å². The molecule has 16 nitrogen and oxygen atoms in total. The van der Waals surface area contributed by atoms with E-state index in [1.54, 1.807) is 46.0 Å². The van der Waals surface area contributed by atoms with Gasteiger partial charge < -0.3 is 29.6 Å². The van der Waals surface area contributed by atoms with Crippen molar-refractivity contribution in [3.63, 3.8) is 0 Å². The van der Waals surface area contributed by atoms with Crippen LogP contribution < -0.4 is 29.6 Å². The second-order valence-corrected chi connectivity index (χ2v) is 17.7. The molecule has 2 fully saturated rings.